The molecule has 3 heteroatoms. The van der Waals surface area contributed by atoms with E-state index in [1.807, 2.05) is 0 Å². The number of ether oxygens (including phenoxy) is 1. The predicted octanol–water partition coefficient (Wildman–Crippen LogP) is 6.56. The maximum atomic E-state index is 6.22. The Labute approximate surface area is 200 Å². The zero-order chi connectivity index (χ0) is 23.6. The average molecular weight is 458 g/mol. The minimum atomic E-state index is -0.486. The Balaban J connectivity index is 1.65. The molecule has 0 bridgehead atoms. The van der Waals surface area contributed by atoms with Gasteiger partial charge in [-0.1, -0.05) is 108 Å². The third-order valence-corrected chi connectivity index (χ3v) is 8.78. The first-order valence-electron chi connectivity index (χ1n) is 11.9. The molecule has 0 aromatic heterocycles. The van der Waals surface area contributed by atoms with Gasteiger partial charge in [-0.15, -0.1) is 0 Å². The van der Waals surface area contributed by atoms with Crippen LogP contribution in [-0.4, -0.2) is 24.7 Å². The first-order valence-corrected chi connectivity index (χ1v) is 13.4. The molecule has 3 aromatic rings. The van der Waals surface area contributed by atoms with E-state index < -0.39 is 7.92 Å². The Morgan fingerprint density at radius 1 is 0.758 bits per heavy atom. The van der Waals surface area contributed by atoms with E-state index in [1.54, 1.807) is 0 Å². The Morgan fingerprint density at radius 2 is 1.24 bits per heavy atom. The SMILES string of the molecule is CC(C)(C)c1cc(C2=N[C@@H](CP(c3ccccc3)c3ccccc3)CO2)cc(C(C)(C)C)c1. The maximum absolute atomic E-state index is 6.22. The van der Waals surface area contributed by atoms with Crippen LogP contribution in [-0.2, 0) is 15.6 Å². The second-order valence-corrected chi connectivity index (χ2v) is 13.2. The summed E-state index contributed by atoms with van der Waals surface area (Å²) in [6.45, 7) is 14.3. The van der Waals surface area contributed by atoms with Gasteiger partial charge in [0, 0.05) is 11.7 Å². The molecule has 1 aliphatic heterocycles. The maximum Gasteiger partial charge on any atom is 0.216 e. The molecule has 0 spiro atoms. The highest BCUT2D eigenvalue weighted by Gasteiger charge is 2.27. The zero-order valence-corrected chi connectivity index (χ0v) is 21.7. The van der Waals surface area contributed by atoms with Gasteiger partial charge in [0.2, 0.25) is 5.90 Å². The lowest BCUT2D eigenvalue weighted by molar-refractivity contribution is 0.325. The molecule has 172 valence electrons. The van der Waals surface area contributed by atoms with Gasteiger partial charge in [0.15, 0.2) is 0 Å². The Kier molecular flexibility index (Phi) is 6.78. The van der Waals surface area contributed by atoms with E-state index in [0.717, 1.165) is 17.6 Å². The molecule has 0 fully saturated rings. The highest BCUT2D eigenvalue weighted by atomic mass is 31.1. The number of nitrogens with zero attached hydrogens (tertiary/aromatic N) is 1. The second kappa shape index (κ2) is 9.43. The van der Waals surface area contributed by atoms with Gasteiger partial charge in [-0.05, 0) is 52.6 Å². The summed E-state index contributed by atoms with van der Waals surface area (Å²) in [5.41, 5.74) is 3.91. The minimum absolute atomic E-state index is 0.0729. The molecule has 4 rings (SSSR count). The summed E-state index contributed by atoms with van der Waals surface area (Å²) in [4.78, 5) is 5.11. The molecule has 0 aliphatic carbocycles. The van der Waals surface area contributed by atoms with Crippen molar-refractivity contribution in [3.8, 4) is 0 Å². The molecule has 33 heavy (non-hydrogen) atoms. The van der Waals surface area contributed by atoms with Crippen LogP contribution < -0.4 is 10.6 Å². The summed E-state index contributed by atoms with van der Waals surface area (Å²) in [5, 5.41) is 2.79. The molecule has 1 atom stereocenters. The Morgan fingerprint density at radius 3 is 1.70 bits per heavy atom. The van der Waals surface area contributed by atoms with Gasteiger partial charge in [0.1, 0.15) is 6.61 Å². The molecule has 0 amide bonds. The van der Waals surface area contributed by atoms with E-state index in [2.05, 4.69) is 120 Å². The van der Waals surface area contributed by atoms with E-state index in [1.165, 1.54) is 21.7 Å². The summed E-state index contributed by atoms with van der Waals surface area (Å²) >= 11 is 0. The van der Waals surface area contributed by atoms with Gasteiger partial charge >= 0.3 is 0 Å². The summed E-state index contributed by atoms with van der Waals surface area (Å²) in [6, 6.07) is 28.8. The second-order valence-electron chi connectivity index (χ2n) is 11.0. The van der Waals surface area contributed by atoms with Crippen LogP contribution in [0.1, 0.15) is 58.2 Å². The molecule has 0 saturated heterocycles. The molecule has 0 radical (unpaired) electrons. The van der Waals surface area contributed by atoms with E-state index in [-0.39, 0.29) is 16.9 Å². The van der Waals surface area contributed by atoms with Gasteiger partial charge in [0.05, 0.1) is 6.04 Å². The fraction of sp³-hybridized carbons (Fsp3) is 0.367. The van der Waals surface area contributed by atoms with Crippen molar-refractivity contribution in [1.29, 1.82) is 0 Å². The predicted molar refractivity (Wildman–Crippen MR) is 144 cm³/mol. The molecule has 0 N–H and O–H groups in total. The van der Waals surface area contributed by atoms with Gasteiger partial charge in [-0.25, -0.2) is 4.99 Å². The van der Waals surface area contributed by atoms with Crippen molar-refractivity contribution in [3.63, 3.8) is 0 Å². The minimum Gasteiger partial charge on any atom is -0.475 e. The number of rotatable bonds is 5. The highest BCUT2D eigenvalue weighted by molar-refractivity contribution is 7.73. The number of benzene rings is 3. The van der Waals surface area contributed by atoms with Crippen LogP contribution in [0.25, 0.3) is 0 Å². The van der Waals surface area contributed by atoms with Crippen molar-refractivity contribution in [1.82, 2.24) is 0 Å². The quantitative estimate of drug-likeness (QED) is 0.398. The topological polar surface area (TPSA) is 21.6 Å². The van der Waals surface area contributed by atoms with Gasteiger partial charge in [-0.2, -0.15) is 0 Å². The van der Waals surface area contributed by atoms with Crippen molar-refractivity contribution in [2.75, 3.05) is 12.8 Å². The zero-order valence-electron chi connectivity index (χ0n) is 20.8. The third kappa shape index (κ3) is 5.74. The van der Waals surface area contributed by atoms with Crippen LogP contribution in [0, 0.1) is 0 Å². The first kappa shape index (κ1) is 23.7. The standard InChI is InChI=1S/C30H36NOP/c1-29(2,3)23-17-22(18-24(19-23)30(4,5)6)28-31-25(20-32-28)21-33(26-13-9-7-10-14-26)27-15-11-8-12-16-27/h7-19,25H,20-21H2,1-6H3/t25-/m1/s1. The lowest BCUT2D eigenvalue weighted by Crippen LogP contribution is -2.21. The Bertz CT molecular complexity index is 1040. The first-order chi connectivity index (χ1) is 15.6. The molecular weight excluding hydrogens is 421 g/mol. The number of aliphatic imine (C=N–C) groups is 1. The number of hydrogen-bond donors (Lipinski definition) is 0. The summed E-state index contributed by atoms with van der Waals surface area (Å²) in [7, 11) is -0.486. The van der Waals surface area contributed by atoms with Crippen molar-refractivity contribution in [2.24, 2.45) is 4.99 Å². The summed E-state index contributed by atoms with van der Waals surface area (Å²) < 4.78 is 6.22. The van der Waals surface area contributed by atoms with Crippen molar-refractivity contribution < 1.29 is 4.74 Å². The van der Waals surface area contributed by atoms with Gasteiger partial charge in [-0.3, -0.25) is 0 Å². The van der Waals surface area contributed by atoms with Crippen LogP contribution in [0.5, 0.6) is 0 Å². The molecule has 2 nitrogen and oxygen atoms in total. The van der Waals surface area contributed by atoms with Crippen LogP contribution in [0.4, 0.5) is 0 Å². The molecular formula is C30H36NOP. The van der Waals surface area contributed by atoms with Crippen LogP contribution in [0.2, 0.25) is 0 Å². The molecule has 1 heterocycles. The van der Waals surface area contributed by atoms with Crippen molar-refractivity contribution in [3.05, 3.63) is 95.6 Å². The molecule has 3 aromatic carbocycles. The number of hydrogen-bond acceptors (Lipinski definition) is 2. The lowest BCUT2D eigenvalue weighted by Gasteiger charge is -2.26. The molecule has 0 saturated carbocycles. The monoisotopic (exact) mass is 457 g/mol. The van der Waals surface area contributed by atoms with E-state index in [4.69, 9.17) is 9.73 Å². The van der Waals surface area contributed by atoms with Crippen molar-refractivity contribution in [2.45, 2.75) is 58.4 Å². The van der Waals surface area contributed by atoms with Crippen molar-refractivity contribution >= 4 is 24.4 Å². The fourth-order valence-electron chi connectivity index (χ4n) is 4.07. The van der Waals surface area contributed by atoms with Crippen LogP contribution in [0.3, 0.4) is 0 Å². The summed E-state index contributed by atoms with van der Waals surface area (Å²) in [6.07, 6.45) is 0.998. The lowest BCUT2D eigenvalue weighted by atomic mass is 9.79. The van der Waals surface area contributed by atoms with Crippen LogP contribution in [0.15, 0.2) is 83.9 Å². The largest absolute Gasteiger partial charge is 0.475 e. The summed E-state index contributed by atoms with van der Waals surface area (Å²) in [5.74, 6) is 0.799. The third-order valence-electron chi connectivity index (χ3n) is 6.15. The van der Waals surface area contributed by atoms with E-state index in [0.29, 0.717) is 6.61 Å². The smallest absolute Gasteiger partial charge is 0.216 e. The molecule has 1 aliphatic rings. The van der Waals surface area contributed by atoms with E-state index >= 15 is 0 Å². The van der Waals surface area contributed by atoms with Crippen LogP contribution >= 0.6 is 7.92 Å². The normalized spacial score (nSPS) is 16.6. The molecule has 0 unspecified atom stereocenters. The Hall–Kier alpha value is -2.44. The van der Waals surface area contributed by atoms with E-state index in [9.17, 15) is 0 Å². The average Bonchev–Trinajstić information content (AvgIpc) is 3.26. The fourth-order valence-corrected chi connectivity index (χ4v) is 6.46. The highest BCUT2D eigenvalue weighted by Crippen LogP contribution is 2.36. The van der Waals surface area contributed by atoms with Gasteiger partial charge < -0.3 is 4.74 Å². The van der Waals surface area contributed by atoms with Gasteiger partial charge in [0.25, 0.3) is 0 Å².